The van der Waals surface area contributed by atoms with Crippen molar-refractivity contribution in [2.75, 3.05) is 5.73 Å². The highest BCUT2D eigenvalue weighted by molar-refractivity contribution is 7.17. The zero-order valence-electron chi connectivity index (χ0n) is 13.2. The lowest BCUT2D eigenvalue weighted by Gasteiger charge is -2.19. The molecule has 0 aliphatic carbocycles. The fourth-order valence-corrected chi connectivity index (χ4v) is 3.65. The molecular weight excluding hydrogens is 278 g/mol. The number of aromatic nitrogens is 2. The van der Waals surface area contributed by atoms with Crippen LogP contribution in [-0.2, 0) is 5.41 Å². The molecule has 0 bridgehead atoms. The van der Waals surface area contributed by atoms with Gasteiger partial charge in [-0.1, -0.05) is 45.0 Å². The van der Waals surface area contributed by atoms with Crippen LogP contribution >= 0.6 is 11.3 Å². The van der Waals surface area contributed by atoms with Gasteiger partial charge < -0.3 is 5.73 Å². The molecule has 0 saturated carbocycles. The average Bonchev–Trinajstić information content (AvgIpc) is 2.85. The van der Waals surface area contributed by atoms with E-state index in [0.29, 0.717) is 0 Å². The molecule has 0 radical (unpaired) electrons. The van der Waals surface area contributed by atoms with Crippen molar-refractivity contribution in [3.63, 3.8) is 0 Å². The van der Waals surface area contributed by atoms with Gasteiger partial charge in [-0.2, -0.15) is 0 Å². The number of rotatable bonds is 1. The Kier molecular flexibility index (Phi) is 3.10. The summed E-state index contributed by atoms with van der Waals surface area (Å²) >= 11 is 1.69. The van der Waals surface area contributed by atoms with Crippen LogP contribution in [0.1, 0.15) is 36.9 Å². The Labute approximate surface area is 129 Å². The summed E-state index contributed by atoms with van der Waals surface area (Å²) in [4.78, 5) is 6.75. The maximum Gasteiger partial charge on any atom is 0.196 e. The van der Waals surface area contributed by atoms with Gasteiger partial charge in [0.1, 0.15) is 5.82 Å². The van der Waals surface area contributed by atoms with Crippen LogP contribution in [0.15, 0.2) is 24.3 Å². The molecule has 0 spiro atoms. The van der Waals surface area contributed by atoms with Crippen molar-refractivity contribution in [2.45, 2.75) is 40.0 Å². The third-order valence-electron chi connectivity index (χ3n) is 3.89. The Morgan fingerprint density at radius 3 is 2.29 bits per heavy atom. The molecule has 3 aromatic rings. The quantitative estimate of drug-likeness (QED) is 0.716. The molecule has 0 amide bonds. The van der Waals surface area contributed by atoms with Crippen molar-refractivity contribution in [1.29, 1.82) is 0 Å². The lowest BCUT2D eigenvalue weighted by atomic mass is 9.86. The highest BCUT2D eigenvalue weighted by Gasteiger charge is 2.18. The highest BCUT2D eigenvalue weighted by Crippen LogP contribution is 2.35. The summed E-state index contributed by atoms with van der Waals surface area (Å²) in [6, 6.07) is 8.78. The lowest BCUT2D eigenvalue weighted by Crippen LogP contribution is -2.10. The van der Waals surface area contributed by atoms with Crippen LogP contribution in [-0.4, -0.2) is 9.38 Å². The molecule has 2 aromatic heterocycles. The second-order valence-corrected chi connectivity index (χ2v) is 7.72. The highest BCUT2D eigenvalue weighted by atomic mass is 32.1. The van der Waals surface area contributed by atoms with Gasteiger partial charge in [-0.15, -0.1) is 11.3 Å². The SMILES string of the molecule is Cc1nc2sc(C)c(-c3ccc(C(C)(C)C)cc3)n2c1N. The maximum atomic E-state index is 6.20. The number of hydrogen-bond donors (Lipinski definition) is 1. The van der Waals surface area contributed by atoms with Crippen molar-refractivity contribution in [1.82, 2.24) is 9.38 Å². The smallest absolute Gasteiger partial charge is 0.196 e. The third kappa shape index (κ3) is 2.23. The first-order chi connectivity index (χ1) is 9.79. The van der Waals surface area contributed by atoms with Crippen molar-refractivity contribution < 1.29 is 0 Å². The van der Waals surface area contributed by atoms with Gasteiger partial charge in [0.25, 0.3) is 0 Å². The van der Waals surface area contributed by atoms with Crippen LogP contribution in [0.5, 0.6) is 0 Å². The van der Waals surface area contributed by atoms with Crippen LogP contribution in [0.4, 0.5) is 5.82 Å². The maximum absolute atomic E-state index is 6.20. The van der Waals surface area contributed by atoms with E-state index in [9.17, 15) is 0 Å². The molecule has 0 fully saturated rings. The predicted molar refractivity (Wildman–Crippen MR) is 91.1 cm³/mol. The average molecular weight is 299 g/mol. The number of fused-ring (bicyclic) bond motifs is 1. The van der Waals surface area contributed by atoms with Crippen LogP contribution in [0.2, 0.25) is 0 Å². The second-order valence-electron chi connectivity index (χ2n) is 6.53. The monoisotopic (exact) mass is 299 g/mol. The van der Waals surface area contributed by atoms with Crippen LogP contribution in [0.25, 0.3) is 16.2 Å². The van der Waals surface area contributed by atoms with Gasteiger partial charge >= 0.3 is 0 Å². The molecule has 0 saturated heterocycles. The standard InChI is InChI=1S/C17H21N3S/c1-10-15(18)20-14(11(2)21-16(20)19-10)12-6-8-13(9-7-12)17(3,4)5/h6-9H,18H2,1-5H3. The molecule has 2 N–H and O–H groups in total. The Hall–Kier alpha value is -1.81. The second kappa shape index (κ2) is 4.60. The van der Waals surface area contributed by atoms with E-state index >= 15 is 0 Å². The van der Waals surface area contributed by atoms with E-state index in [1.54, 1.807) is 11.3 Å². The Morgan fingerprint density at radius 1 is 1.10 bits per heavy atom. The van der Waals surface area contributed by atoms with E-state index in [4.69, 9.17) is 5.73 Å². The number of aryl methyl sites for hydroxylation is 2. The Morgan fingerprint density at radius 2 is 1.71 bits per heavy atom. The first kappa shape index (κ1) is 14.1. The van der Waals surface area contributed by atoms with Crippen molar-refractivity contribution in [2.24, 2.45) is 0 Å². The van der Waals surface area contributed by atoms with E-state index in [-0.39, 0.29) is 5.41 Å². The molecule has 0 atom stereocenters. The fraction of sp³-hybridized carbons (Fsp3) is 0.353. The molecule has 0 aliphatic rings. The third-order valence-corrected chi connectivity index (χ3v) is 4.85. The zero-order valence-corrected chi connectivity index (χ0v) is 14.0. The lowest BCUT2D eigenvalue weighted by molar-refractivity contribution is 0.590. The largest absolute Gasteiger partial charge is 0.383 e. The van der Waals surface area contributed by atoms with Gasteiger partial charge in [-0.3, -0.25) is 4.40 Å². The van der Waals surface area contributed by atoms with Crippen molar-refractivity contribution >= 4 is 22.1 Å². The molecule has 3 rings (SSSR count). The summed E-state index contributed by atoms with van der Waals surface area (Å²) in [7, 11) is 0. The number of hydrogen-bond acceptors (Lipinski definition) is 3. The minimum atomic E-state index is 0.169. The Balaban J connectivity index is 2.18. The molecule has 0 unspecified atom stereocenters. The topological polar surface area (TPSA) is 43.3 Å². The van der Waals surface area contributed by atoms with Crippen LogP contribution in [0.3, 0.4) is 0 Å². The van der Waals surface area contributed by atoms with Gasteiger partial charge in [0.2, 0.25) is 0 Å². The van der Waals surface area contributed by atoms with E-state index in [2.05, 4.69) is 61.3 Å². The van der Waals surface area contributed by atoms with Gasteiger partial charge in [0.05, 0.1) is 11.4 Å². The number of benzene rings is 1. The minimum Gasteiger partial charge on any atom is -0.383 e. The molecular formula is C17H21N3S. The number of anilines is 1. The number of nitrogen functional groups attached to an aromatic ring is 1. The Bertz CT molecular complexity index is 801. The van der Waals surface area contributed by atoms with Gasteiger partial charge in [0.15, 0.2) is 4.96 Å². The van der Waals surface area contributed by atoms with E-state index in [1.165, 1.54) is 16.0 Å². The normalized spacial score (nSPS) is 12.2. The van der Waals surface area contributed by atoms with E-state index < -0.39 is 0 Å². The van der Waals surface area contributed by atoms with E-state index in [1.807, 2.05) is 6.92 Å². The predicted octanol–water partition coefficient (Wildman–Crippen LogP) is 4.56. The first-order valence-corrected chi connectivity index (χ1v) is 7.95. The molecule has 21 heavy (non-hydrogen) atoms. The number of thiazole rings is 1. The molecule has 1 aromatic carbocycles. The summed E-state index contributed by atoms with van der Waals surface area (Å²) in [5, 5.41) is 0. The first-order valence-electron chi connectivity index (χ1n) is 7.14. The van der Waals surface area contributed by atoms with E-state index in [0.717, 1.165) is 22.2 Å². The molecule has 110 valence electrons. The van der Waals surface area contributed by atoms with Crippen LogP contribution in [0, 0.1) is 13.8 Å². The number of nitrogens with zero attached hydrogens (tertiary/aromatic N) is 2. The van der Waals surface area contributed by atoms with Crippen molar-refractivity contribution in [3.8, 4) is 11.3 Å². The summed E-state index contributed by atoms with van der Waals surface area (Å²) in [5.41, 5.74) is 11.0. The van der Waals surface area contributed by atoms with Gasteiger partial charge in [0, 0.05) is 4.88 Å². The van der Waals surface area contributed by atoms with Gasteiger partial charge in [-0.05, 0) is 30.4 Å². The minimum absolute atomic E-state index is 0.169. The summed E-state index contributed by atoms with van der Waals surface area (Å²) < 4.78 is 2.07. The molecule has 4 heteroatoms. The number of imidazole rings is 1. The van der Waals surface area contributed by atoms with Gasteiger partial charge in [-0.25, -0.2) is 4.98 Å². The summed E-state index contributed by atoms with van der Waals surface area (Å²) in [6.07, 6.45) is 0. The number of nitrogens with two attached hydrogens (primary N) is 1. The summed E-state index contributed by atoms with van der Waals surface area (Å²) in [5.74, 6) is 0.740. The van der Waals surface area contributed by atoms with Crippen LogP contribution < -0.4 is 5.73 Å². The molecule has 0 aliphatic heterocycles. The molecule has 2 heterocycles. The van der Waals surface area contributed by atoms with Crippen molar-refractivity contribution in [3.05, 3.63) is 40.4 Å². The molecule has 3 nitrogen and oxygen atoms in total. The zero-order chi connectivity index (χ0) is 15.4. The fourth-order valence-electron chi connectivity index (χ4n) is 2.60. The summed E-state index contributed by atoms with van der Waals surface area (Å²) in [6.45, 7) is 10.8.